The summed E-state index contributed by atoms with van der Waals surface area (Å²) in [5.41, 5.74) is 30.6. The summed E-state index contributed by atoms with van der Waals surface area (Å²) in [5.74, 6) is -1.97. The minimum Gasteiger partial charge on any atom is -1.00 e. The Hall–Kier alpha value is -1.40. The summed E-state index contributed by atoms with van der Waals surface area (Å²) in [7, 11) is 0. The summed E-state index contributed by atoms with van der Waals surface area (Å²) in [5, 5.41) is 16.8. The smallest absolute Gasteiger partial charge is 1.00 e. The van der Waals surface area contributed by atoms with E-state index in [9.17, 15) is 9.59 Å². The number of carbonyl (C=O) groups is 2. The second-order valence-corrected chi connectivity index (χ2v) is 4.79. The van der Waals surface area contributed by atoms with Crippen LogP contribution in [0, 0.1) is 0 Å². The van der Waals surface area contributed by atoms with Gasteiger partial charge in [0.1, 0.15) is 12.1 Å². The Kier molecular flexibility index (Phi) is 30.6. The number of aliphatic imine (C=N–C) groups is 2. The van der Waals surface area contributed by atoms with Gasteiger partial charge in [-0.1, -0.05) is 0 Å². The molecule has 0 saturated carbocycles. The van der Waals surface area contributed by atoms with E-state index >= 15 is 0 Å². The fourth-order valence-corrected chi connectivity index (χ4v) is 1.29. The quantitative estimate of drug-likeness (QED) is 0.0628. The summed E-state index contributed by atoms with van der Waals surface area (Å²) >= 11 is 0. The predicted molar refractivity (Wildman–Crippen MR) is 91.0 cm³/mol. The van der Waals surface area contributed by atoms with Gasteiger partial charge in [-0.2, -0.15) is 0 Å². The maximum atomic E-state index is 10.2. The first-order valence-corrected chi connectivity index (χ1v) is 7.15. The van der Waals surface area contributed by atoms with Crippen LogP contribution in [0.1, 0.15) is 25.7 Å². The minimum atomic E-state index is -1.00. The van der Waals surface area contributed by atoms with Crippen molar-refractivity contribution in [2.75, 3.05) is 13.1 Å². The van der Waals surface area contributed by atoms with Crippen molar-refractivity contribution in [1.29, 1.82) is 0 Å². The number of rotatable bonds is 10. The maximum Gasteiger partial charge on any atom is 2.00 e. The van der Waals surface area contributed by atoms with Crippen LogP contribution in [0.3, 0.4) is 0 Å². The average molecular weight is 485 g/mol. The van der Waals surface area contributed by atoms with E-state index in [-0.39, 0.29) is 56.2 Å². The molecular formula is C12H28Cl2N8O4Zn. The molecule has 0 rings (SSSR count). The molecule has 0 aromatic heterocycles. The van der Waals surface area contributed by atoms with Crippen LogP contribution in [-0.4, -0.2) is 59.2 Å². The molecule has 0 spiro atoms. The van der Waals surface area contributed by atoms with Gasteiger partial charge in [0.15, 0.2) is 11.9 Å². The van der Waals surface area contributed by atoms with Gasteiger partial charge in [0.2, 0.25) is 0 Å². The zero-order chi connectivity index (χ0) is 19.1. The molecule has 2 atom stereocenters. The SMILES string of the molecule is NC(N)=NCCCC(N)C(=O)O.NC(N)=NCCCC(N)C(=O)O.[Cl-].[Cl-].[Zn+2]. The van der Waals surface area contributed by atoms with E-state index in [1.54, 1.807) is 0 Å². The number of guanidine groups is 2. The first kappa shape index (κ1) is 36.5. The first-order valence-electron chi connectivity index (χ1n) is 7.15. The minimum absolute atomic E-state index is 0. The van der Waals surface area contributed by atoms with Gasteiger partial charge in [0.25, 0.3) is 0 Å². The van der Waals surface area contributed by atoms with Crippen LogP contribution in [-0.2, 0) is 29.1 Å². The molecule has 2 unspecified atom stereocenters. The van der Waals surface area contributed by atoms with Crippen LogP contribution < -0.4 is 59.2 Å². The second-order valence-electron chi connectivity index (χ2n) is 4.79. The molecule has 0 bridgehead atoms. The monoisotopic (exact) mass is 482 g/mol. The first-order chi connectivity index (χ1) is 11.1. The molecule has 0 radical (unpaired) electrons. The third kappa shape index (κ3) is 29.6. The largest absolute Gasteiger partial charge is 2.00 e. The zero-order valence-corrected chi connectivity index (χ0v) is 19.4. The van der Waals surface area contributed by atoms with Crippen molar-refractivity contribution in [2.45, 2.75) is 37.8 Å². The molecule has 156 valence electrons. The molecular weight excluding hydrogens is 456 g/mol. The van der Waals surface area contributed by atoms with Gasteiger partial charge in [-0.25, -0.2) is 0 Å². The van der Waals surface area contributed by atoms with Crippen molar-refractivity contribution >= 4 is 23.9 Å². The average Bonchev–Trinajstić information content (AvgIpc) is 2.47. The summed E-state index contributed by atoms with van der Waals surface area (Å²) in [6.45, 7) is 0.840. The summed E-state index contributed by atoms with van der Waals surface area (Å²) in [4.78, 5) is 27.8. The number of halogens is 2. The van der Waals surface area contributed by atoms with E-state index < -0.39 is 24.0 Å². The van der Waals surface area contributed by atoms with E-state index in [0.717, 1.165) is 0 Å². The Bertz CT molecular complexity index is 409. The third-order valence-corrected chi connectivity index (χ3v) is 2.57. The van der Waals surface area contributed by atoms with Gasteiger partial charge in [-0.15, -0.1) is 0 Å². The molecule has 0 aliphatic carbocycles. The summed E-state index contributed by atoms with van der Waals surface area (Å²) < 4.78 is 0. The third-order valence-electron chi connectivity index (χ3n) is 2.57. The molecule has 0 heterocycles. The Morgan fingerprint density at radius 2 is 1.00 bits per heavy atom. The molecule has 0 aliphatic heterocycles. The second kappa shape index (κ2) is 22.6. The standard InChI is InChI=1S/2C6H14N4O2.2ClH.Zn/c2*7-4(5(11)12)2-1-3-10-6(8)9;;;/h2*4H,1-3,7H2,(H,11,12)(H4,8,9,10);2*1H;/q;;;;+2/p-2. The van der Waals surface area contributed by atoms with E-state index in [0.29, 0.717) is 38.8 Å². The summed E-state index contributed by atoms with van der Waals surface area (Å²) in [6, 6.07) is -1.64. The normalized spacial score (nSPS) is 10.7. The zero-order valence-electron chi connectivity index (χ0n) is 14.9. The van der Waals surface area contributed by atoms with Crippen LogP contribution in [0.15, 0.2) is 9.98 Å². The Balaban J connectivity index is -0.000000108. The van der Waals surface area contributed by atoms with Gasteiger partial charge < -0.3 is 69.4 Å². The maximum absolute atomic E-state index is 10.2. The number of carboxylic acid groups (broad SMARTS) is 2. The molecule has 0 saturated heterocycles. The molecule has 0 aromatic carbocycles. The number of nitrogens with two attached hydrogens (primary N) is 6. The van der Waals surface area contributed by atoms with Crippen LogP contribution in [0.2, 0.25) is 0 Å². The van der Waals surface area contributed by atoms with Gasteiger partial charge in [0, 0.05) is 13.1 Å². The molecule has 27 heavy (non-hydrogen) atoms. The molecule has 12 nitrogen and oxygen atoms in total. The number of nitrogens with zero attached hydrogens (tertiary/aromatic N) is 2. The number of hydrogen-bond donors (Lipinski definition) is 8. The Morgan fingerprint density at radius 3 is 1.19 bits per heavy atom. The van der Waals surface area contributed by atoms with Crippen LogP contribution in [0.4, 0.5) is 0 Å². The van der Waals surface area contributed by atoms with Crippen molar-refractivity contribution in [3.05, 3.63) is 0 Å². The van der Waals surface area contributed by atoms with E-state index in [4.69, 9.17) is 44.6 Å². The van der Waals surface area contributed by atoms with E-state index in [1.165, 1.54) is 0 Å². The van der Waals surface area contributed by atoms with Crippen LogP contribution >= 0.6 is 0 Å². The molecule has 14 N–H and O–H groups in total. The van der Waals surface area contributed by atoms with Gasteiger partial charge in [0.05, 0.1) is 0 Å². The molecule has 0 amide bonds. The predicted octanol–water partition coefficient (Wildman–Crippen LogP) is -9.09. The Labute approximate surface area is 183 Å². The van der Waals surface area contributed by atoms with Crippen molar-refractivity contribution < 1.29 is 64.1 Å². The van der Waals surface area contributed by atoms with Crippen LogP contribution in [0.5, 0.6) is 0 Å². The fraction of sp³-hybridized carbons (Fsp3) is 0.667. The van der Waals surface area contributed by atoms with E-state index in [1.807, 2.05) is 0 Å². The number of aliphatic carboxylic acids is 2. The molecule has 0 aliphatic rings. The summed E-state index contributed by atoms with van der Waals surface area (Å²) in [6.07, 6.45) is 1.91. The Morgan fingerprint density at radius 1 is 0.741 bits per heavy atom. The van der Waals surface area contributed by atoms with Crippen molar-refractivity contribution in [3.8, 4) is 0 Å². The van der Waals surface area contributed by atoms with Crippen molar-refractivity contribution in [3.63, 3.8) is 0 Å². The topological polar surface area (TPSA) is 255 Å². The fourth-order valence-electron chi connectivity index (χ4n) is 1.29. The van der Waals surface area contributed by atoms with Gasteiger partial charge in [-0.3, -0.25) is 19.6 Å². The van der Waals surface area contributed by atoms with Gasteiger partial charge >= 0.3 is 31.4 Å². The number of hydrogen-bond acceptors (Lipinski definition) is 6. The van der Waals surface area contributed by atoms with Gasteiger partial charge in [-0.05, 0) is 25.7 Å². The van der Waals surface area contributed by atoms with E-state index in [2.05, 4.69) is 9.98 Å². The molecule has 0 fully saturated rings. The number of carboxylic acids is 2. The molecule has 15 heteroatoms. The van der Waals surface area contributed by atoms with Crippen molar-refractivity contribution in [1.82, 2.24) is 0 Å². The van der Waals surface area contributed by atoms with Crippen molar-refractivity contribution in [2.24, 2.45) is 44.4 Å². The van der Waals surface area contributed by atoms with Crippen LogP contribution in [0.25, 0.3) is 0 Å². The molecule has 0 aromatic rings.